The molecule has 0 radical (unpaired) electrons. The minimum atomic E-state index is -0.463. The fourth-order valence-electron chi connectivity index (χ4n) is 2.74. The van der Waals surface area contributed by atoms with Crippen LogP contribution in [0.2, 0.25) is 0 Å². The molecule has 6 heteroatoms. The van der Waals surface area contributed by atoms with Crippen LogP contribution in [0.4, 0.5) is 4.39 Å². The number of hydrogen-bond acceptors (Lipinski definition) is 3. The molecule has 0 spiro atoms. The molecule has 3 rings (SSSR count). The predicted octanol–water partition coefficient (Wildman–Crippen LogP) is 3.31. The maximum Gasteiger partial charge on any atom is 0.249 e. The minimum absolute atomic E-state index is 0.123. The number of carbonyl (C=O) groups excluding carboxylic acids is 1. The first-order valence-corrected chi connectivity index (χ1v) is 8.68. The van der Waals surface area contributed by atoms with E-state index in [0.29, 0.717) is 12.5 Å². The van der Waals surface area contributed by atoms with Gasteiger partial charge in [-0.25, -0.2) is 9.07 Å². The Bertz CT molecular complexity index is 738. The summed E-state index contributed by atoms with van der Waals surface area (Å²) in [4.78, 5) is 12.3. The fourth-order valence-corrected chi connectivity index (χ4v) is 2.74. The topological polar surface area (TPSA) is 56.1 Å². The van der Waals surface area contributed by atoms with Crippen molar-refractivity contribution in [2.24, 2.45) is 5.92 Å². The molecule has 1 amide bonds. The van der Waals surface area contributed by atoms with Crippen molar-refractivity contribution in [2.75, 3.05) is 6.61 Å². The number of nitrogens with one attached hydrogen (secondary N) is 1. The van der Waals surface area contributed by atoms with Crippen molar-refractivity contribution in [1.82, 2.24) is 15.1 Å². The molecule has 0 unspecified atom stereocenters. The number of carbonyl (C=O) groups is 1. The van der Waals surface area contributed by atoms with Crippen LogP contribution in [0.1, 0.15) is 44.0 Å². The molecule has 1 aliphatic carbocycles. The zero-order valence-corrected chi connectivity index (χ0v) is 14.8. The van der Waals surface area contributed by atoms with Gasteiger partial charge >= 0.3 is 0 Å². The molecule has 0 bridgehead atoms. The van der Waals surface area contributed by atoms with Crippen LogP contribution in [0, 0.1) is 18.7 Å². The van der Waals surface area contributed by atoms with Crippen LogP contribution in [-0.4, -0.2) is 28.4 Å². The summed E-state index contributed by atoms with van der Waals surface area (Å²) in [5.41, 5.74) is 2.61. The summed E-state index contributed by atoms with van der Waals surface area (Å²) in [7, 11) is 0. The molecular weight excluding hydrogens is 321 g/mol. The number of aromatic nitrogens is 2. The molecule has 25 heavy (non-hydrogen) atoms. The predicted molar refractivity (Wildman–Crippen MR) is 93.0 cm³/mol. The maximum atomic E-state index is 13.1. The van der Waals surface area contributed by atoms with E-state index in [1.807, 2.05) is 13.8 Å². The van der Waals surface area contributed by atoms with Crippen LogP contribution >= 0.6 is 0 Å². The lowest BCUT2D eigenvalue weighted by Crippen LogP contribution is -2.36. The summed E-state index contributed by atoms with van der Waals surface area (Å²) in [6, 6.07) is 5.97. The molecule has 1 aliphatic rings. The highest BCUT2D eigenvalue weighted by Gasteiger charge is 2.25. The molecule has 1 N–H and O–H groups in total. The first-order valence-electron chi connectivity index (χ1n) is 8.68. The molecule has 1 saturated carbocycles. The highest BCUT2D eigenvalue weighted by molar-refractivity contribution is 5.80. The highest BCUT2D eigenvalue weighted by atomic mass is 19.1. The van der Waals surface area contributed by atoms with Crippen LogP contribution in [0.15, 0.2) is 30.5 Å². The van der Waals surface area contributed by atoms with E-state index in [1.165, 1.54) is 25.0 Å². The van der Waals surface area contributed by atoms with E-state index in [-0.39, 0.29) is 17.8 Å². The van der Waals surface area contributed by atoms with Gasteiger partial charge in [0.05, 0.1) is 24.5 Å². The Hall–Kier alpha value is -2.21. The molecule has 1 aromatic carbocycles. The van der Waals surface area contributed by atoms with Crippen molar-refractivity contribution < 1.29 is 13.9 Å². The number of halogens is 1. The van der Waals surface area contributed by atoms with Crippen LogP contribution in [-0.2, 0) is 9.53 Å². The van der Waals surface area contributed by atoms with E-state index in [1.54, 1.807) is 29.9 Å². The summed E-state index contributed by atoms with van der Waals surface area (Å²) in [5.74, 6) is 0.223. The van der Waals surface area contributed by atoms with Crippen LogP contribution in [0.5, 0.6) is 0 Å². The molecule has 0 aliphatic heterocycles. The van der Waals surface area contributed by atoms with Crippen LogP contribution < -0.4 is 5.32 Å². The Labute approximate surface area is 147 Å². The van der Waals surface area contributed by atoms with Crippen molar-refractivity contribution in [1.29, 1.82) is 0 Å². The van der Waals surface area contributed by atoms with Crippen LogP contribution in [0.25, 0.3) is 5.69 Å². The van der Waals surface area contributed by atoms with Gasteiger partial charge in [-0.2, -0.15) is 5.10 Å². The summed E-state index contributed by atoms with van der Waals surface area (Å²) in [5, 5.41) is 7.35. The monoisotopic (exact) mass is 345 g/mol. The van der Waals surface area contributed by atoms with Gasteiger partial charge in [0.1, 0.15) is 11.9 Å². The molecule has 1 fully saturated rings. The number of ether oxygens (including phenoxy) is 1. The Morgan fingerprint density at radius 1 is 1.36 bits per heavy atom. The zero-order valence-electron chi connectivity index (χ0n) is 14.8. The van der Waals surface area contributed by atoms with Crippen molar-refractivity contribution in [3.8, 4) is 5.69 Å². The lowest BCUT2D eigenvalue weighted by molar-refractivity contribution is -0.132. The van der Waals surface area contributed by atoms with E-state index < -0.39 is 6.10 Å². The van der Waals surface area contributed by atoms with E-state index in [4.69, 9.17) is 4.74 Å². The van der Waals surface area contributed by atoms with Gasteiger partial charge in [0.2, 0.25) is 5.91 Å². The van der Waals surface area contributed by atoms with Gasteiger partial charge in [0.15, 0.2) is 0 Å². The Morgan fingerprint density at radius 2 is 2.04 bits per heavy atom. The molecule has 1 heterocycles. The van der Waals surface area contributed by atoms with E-state index in [9.17, 15) is 9.18 Å². The summed E-state index contributed by atoms with van der Waals surface area (Å²) < 4.78 is 20.4. The standard InChI is InChI=1S/C19H24FN3O2/c1-12(22-19(24)14(3)25-11-15-4-5-15)18-10-21-23(13(18)2)17-8-6-16(20)7-9-17/h6-10,12,14-15H,4-5,11H2,1-3H3,(H,22,24)/t12-,14-/m0/s1. The number of amides is 1. The second kappa shape index (κ2) is 7.35. The third-order valence-electron chi connectivity index (χ3n) is 4.59. The van der Waals surface area contributed by atoms with Crippen molar-refractivity contribution in [2.45, 2.75) is 45.8 Å². The third kappa shape index (κ3) is 4.25. The first kappa shape index (κ1) is 17.6. The average molecular weight is 345 g/mol. The van der Waals surface area contributed by atoms with Gasteiger partial charge in [0.25, 0.3) is 0 Å². The SMILES string of the molecule is Cc1c([C@H](C)NC(=O)[C@H](C)OCC2CC2)cnn1-c1ccc(F)cc1. The largest absolute Gasteiger partial charge is 0.368 e. The molecule has 1 aromatic heterocycles. The number of rotatable bonds is 7. The van der Waals surface area contributed by atoms with Crippen molar-refractivity contribution in [3.05, 3.63) is 47.5 Å². The lowest BCUT2D eigenvalue weighted by Gasteiger charge is -2.18. The number of benzene rings is 1. The summed E-state index contributed by atoms with van der Waals surface area (Å²) >= 11 is 0. The van der Waals surface area contributed by atoms with Gasteiger partial charge in [-0.15, -0.1) is 0 Å². The van der Waals surface area contributed by atoms with Gasteiger partial charge in [-0.05, 0) is 63.8 Å². The molecular formula is C19H24FN3O2. The summed E-state index contributed by atoms with van der Waals surface area (Å²) in [6.45, 7) is 6.29. The van der Waals surface area contributed by atoms with Gasteiger partial charge in [-0.1, -0.05) is 0 Å². The van der Waals surface area contributed by atoms with E-state index in [2.05, 4.69) is 10.4 Å². The van der Waals surface area contributed by atoms with E-state index >= 15 is 0 Å². The van der Waals surface area contributed by atoms with Gasteiger partial charge in [0, 0.05) is 11.3 Å². The third-order valence-corrected chi connectivity index (χ3v) is 4.59. The van der Waals surface area contributed by atoms with Gasteiger partial charge < -0.3 is 10.1 Å². The zero-order chi connectivity index (χ0) is 18.0. The normalized spacial score (nSPS) is 16.5. The fraction of sp³-hybridized carbons (Fsp3) is 0.474. The number of nitrogens with zero attached hydrogens (tertiary/aromatic N) is 2. The Morgan fingerprint density at radius 3 is 2.68 bits per heavy atom. The van der Waals surface area contributed by atoms with Gasteiger partial charge in [-0.3, -0.25) is 4.79 Å². The maximum absolute atomic E-state index is 13.1. The average Bonchev–Trinajstić information content (AvgIpc) is 3.34. The second-order valence-electron chi connectivity index (χ2n) is 6.72. The lowest BCUT2D eigenvalue weighted by atomic mass is 10.1. The Balaban J connectivity index is 1.64. The summed E-state index contributed by atoms with van der Waals surface area (Å²) in [6.07, 6.45) is 3.67. The minimum Gasteiger partial charge on any atom is -0.368 e. The number of hydrogen-bond donors (Lipinski definition) is 1. The highest BCUT2D eigenvalue weighted by Crippen LogP contribution is 2.29. The van der Waals surface area contributed by atoms with Crippen molar-refractivity contribution >= 4 is 5.91 Å². The molecule has 5 nitrogen and oxygen atoms in total. The van der Waals surface area contributed by atoms with Crippen LogP contribution in [0.3, 0.4) is 0 Å². The first-order chi connectivity index (χ1) is 12.0. The molecule has 0 saturated heterocycles. The molecule has 2 aromatic rings. The quantitative estimate of drug-likeness (QED) is 0.837. The van der Waals surface area contributed by atoms with Crippen molar-refractivity contribution in [3.63, 3.8) is 0 Å². The molecule has 134 valence electrons. The smallest absolute Gasteiger partial charge is 0.249 e. The molecule has 2 atom stereocenters. The Kier molecular flexibility index (Phi) is 5.18. The second-order valence-corrected chi connectivity index (χ2v) is 6.72. The van der Waals surface area contributed by atoms with E-state index in [0.717, 1.165) is 16.9 Å².